The highest BCUT2D eigenvalue weighted by Gasteiger charge is 2.03. The number of nitrogens with one attached hydrogen (secondary N) is 1. The van der Waals surface area contributed by atoms with Gasteiger partial charge in [-0.25, -0.2) is 4.98 Å². The standard InChI is InChI=1S/C7H8N4O/c1-12-7-10-2-4-5(8)3-9-6(4)11-7/h2-3H,8H2,1H3,(H,9,10,11). The third-order valence-corrected chi connectivity index (χ3v) is 1.62. The van der Waals surface area contributed by atoms with E-state index in [0.29, 0.717) is 17.3 Å². The van der Waals surface area contributed by atoms with Gasteiger partial charge in [0, 0.05) is 12.4 Å². The molecule has 0 unspecified atom stereocenters. The van der Waals surface area contributed by atoms with Crippen LogP contribution < -0.4 is 10.5 Å². The first-order valence-corrected chi connectivity index (χ1v) is 3.45. The van der Waals surface area contributed by atoms with Gasteiger partial charge in [0.05, 0.1) is 18.2 Å². The predicted octanol–water partition coefficient (Wildman–Crippen LogP) is 0.549. The lowest BCUT2D eigenvalue weighted by atomic mass is 10.4. The van der Waals surface area contributed by atoms with Gasteiger partial charge in [-0.05, 0) is 0 Å². The monoisotopic (exact) mass is 164 g/mol. The van der Waals surface area contributed by atoms with Crippen LogP contribution in [0.3, 0.4) is 0 Å². The average molecular weight is 164 g/mol. The van der Waals surface area contributed by atoms with E-state index in [2.05, 4.69) is 15.0 Å². The molecule has 0 bridgehead atoms. The first-order valence-electron chi connectivity index (χ1n) is 3.45. The highest BCUT2D eigenvalue weighted by molar-refractivity contribution is 5.87. The lowest BCUT2D eigenvalue weighted by Crippen LogP contribution is -1.91. The SMILES string of the molecule is COc1ncc2c(N)c[nH]c2n1. The number of methoxy groups -OCH3 is 1. The second-order valence-corrected chi connectivity index (χ2v) is 2.36. The van der Waals surface area contributed by atoms with Crippen molar-refractivity contribution in [3.8, 4) is 6.01 Å². The van der Waals surface area contributed by atoms with Crippen LogP contribution in [-0.2, 0) is 0 Å². The Morgan fingerprint density at radius 3 is 3.17 bits per heavy atom. The summed E-state index contributed by atoms with van der Waals surface area (Å²) in [5, 5.41) is 0.816. The number of hydrogen-bond acceptors (Lipinski definition) is 4. The zero-order valence-electron chi connectivity index (χ0n) is 6.53. The van der Waals surface area contributed by atoms with E-state index in [0.717, 1.165) is 5.39 Å². The second-order valence-electron chi connectivity index (χ2n) is 2.36. The Morgan fingerprint density at radius 1 is 1.58 bits per heavy atom. The number of anilines is 1. The topological polar surface area (TPSA) is 76.8 Å². The number of nitrogens with zero attached hydrogens (tertiary/aromatic N) is 2. The minimum atomic E-state index is 0.337. The molecule has 2 rings (SSSR count). The molecular weight excluding hydrogens is 156 g/mol. The fraction of sp³-hybridized carbons (Fsp3) is 0.143. The molecule has 2 heterocycles. The molecule has 3 N–H and O–H groups in total. The average Bonchev–Trinajstić information content (AvgIpc) is 2.47. The first kappa shape index (κ1) is 6.90. The smallest absolute Gasteiger partial charge is 0.318 e. The zero-order chi connectivity index (χ0) is 8.55. The lowest BCUT2D eigenvalue weighted by Gasteiger charge is -1.95. The lowest BCUT2D eigenvalue weighted by molar-refractivity contribution is 0.381. The van der Waals surface area contributed by atoms with E-state index in [1.54, 1.807) is 12.4 Å². The van der Waals surface area contributed by atoms with E-state index in [9.17, 15) is 0 Å². The number of aromatic nitrogens is 3. The Bertz CT molecular complexity index is 409. The van der Waals surface area contributed by atoms with Crippen LogP contribution in [0.25, 0.3) is 11.0 Å². The minimum Gasteiger partial charge on any atom is -0.467 e. The minimum absolute atomic E-state index is 0.337. The number of hydrogen-bond donors (Lipinski definition) is 2. The van der Waals surface area contributed by atoms with Gasteiger partial charge in [-0.3, -0.25) is 0 Å². The van der Waals surface area contributed by atoms with Crippen molar-refractivity contribution in [1.82, 2.24) is 15.0 Å². The van der Waals surface area contributed by atoms with Crippen LogP contribution in [-0.4, -0.2) is 22.1 Å². The van der Waals surface area contributed by atoms with Gasteiger partial charge in [0.15, 0.2) is 0 Å². The van der Waals surface area contributed by atoms with Crippen molar-refractivity contribution in [2.45, 2.75) is 0 Å². The molecule has 0 atom stereocenters. The molecule has 12 heavy (non-hydrogen) atoms. The maximum Gasteiger partial charge on any atom is 0.318 e. The van der Waals surface area contributed by atoms with Gasteiger partial charge >= 0.3 is 6.01 Å². The molecule has 2 aromatic heterocycles. The van der Waals surface area contributed by atoms with Crippen molar-refractivity contribution < 1.29 is 4.74 Å². The summed E-state index contributed by atoms with van der Waals surface area (Å²) >= 11 is 0. The van der Waals surface area contributed by atoms with Crippen LogP contribution in [0, 0.1) is 0 Å². The summed E-state index contributed by atoms with van der Waals surface area (Å²) < 4.78 is 4.85. The Morgan fingerprint density at radius 2 is 2.42 bits per heavy atom. The highest BCUT2D eigenvalue weighted by Crippen LogP contribution is 2.18. The molecule has 0 saturated carbocycles. The van der Waals surface area contributed by atoms with Crippen molar-refractivity contribution in [3.63, 3.8) is 0 Å². The molecular formula is C7H8N4O. The van der Waals surface area contributed by atoms with E-state index >= 15 is 0 Å². The highest BCUT2D eigenvalue weighted by atomic mass is 16.5. The van der Waals surface area contributed by atoms with Crippen LogP contribution >= 0.6 is 0 Å². The molecule has 0 fully saturated rings. The van der Waals surface area contributed by atoms with Gasteiger partial charge < -0.3 is 15.5 Å². The molecule has 2 aromatic rings. The molecule has 0 aromatic carbocycles. The van der Waals surface area contributed by atoms with E-state index < -0.39 is 0 Å². The van der Waals surface area contributed by atoms with Crippen LogP contribution in [0.1, 0.15) is 0 Å². The van der Waals surface area contributed by atoms with Crippen LogP contribution in [0.4, 0.5) is 5.69 Å². The maximum absolute atomic E-state index is 5.62. The maximum atomic E-state index is 5.62. The summed E-state index contributed by atoms with van der Waals surface area (Å²) in [5.74, 6) is 0. The quantitative estimate of drug-likeness (QED) is 0.645. The molecule has 0 aliphatic rings. The van der Waals surface area contributed by atoms with Gasteiger partial charge in [-0.15, -0.1) is 0 Å². The first-order chi connectivity index (χ1) is 5.81. The van der Waals surface area contributed by atoms with Gasteiger partial charge in [-0.1, -0.05) is 0 Å². The van der Waals surface area contributed by atoms with E-state index in [4.69, 9.17) is 10.5 Å². The Hall–Kier alpha value is -1.78. The molecule has 0 spiro atoms. The van der Waals surface area contributed by atoms with Crippen molar-refractivity contribution >= 4 is 16.7 Å². The number of rotatable bonds is 1. The Labute approximate surface area is 68.6 Å². The molecule has 0 aliphatic carbocycles. The summed E-state index contributed by atoms with van der Waals surface area (Å²) in [5.41, 5.74) is 6.96. The van der Waals surface area contributed by atoms with Crippen molar-refractivity contribution in [2.24, 2.45) is 0 Å². The Balaban J connectivity index is 2.69. The van der Waals surface area contributed by atoms with Crippen molar-refractivity contribution in [3.05, 3.63) is 12.4 Å². The van der Waals surface area contributed by atoms with Crippen molar-refractivity contribution in [2.75, 3.05) is 12.8 Å². The molecule has 0 aliphatic heterocycles. The van der Waals surface area contributed by atoms with Crippen LogP contribution in [0.5, 0.6) is 6.01 Å². The third kappa shape index (κ3) is 0.868. The predicted molar refractivity (Wildman–Crippen MR) is 44.9 cm³/mol. The van der Waals surface area contributed by atoms with Crippen molar-refractivity contribution in [1.29, 1.82) is 0 Å². The summed E-state index contributed by atoms with van der Waals surface area (Å²) in [6.45, 7) is 0. The van der Waals surface area contributed by atoms with Crippen LogP contribution in [0.15, 0.2) is 12.4 Å². The summed E-state index contributed by atoms with van der Waals surface area (Å²) in [4.78, 5) is 10.9. The summed E-state index contributed by atoms with van der Waals surface area (Å²) in [6.07, 6.45) is 3.31. The number of nitrogen functional groups attached to an aromatic ring is 1. The molecule has 0 radical (unpaired) electrons. The fourth-order valence-corrected chi connectivity index (χ4v) is 1.01. The number of ether oxygens (including phenoxy) is 1. The second kappa shape index (κ2) is 2.37. The normalized spacial score (nSPS) is 10.4. The van der Waals surface area contributed by atoms with Gasteiger partial charge in [0.2, 0.25) is 0 Å². The third-order valence-electron chi connectivity index (χ3n) is 1.62. The molecule has 5 nitrogen and oxygen atoms in total. The largest absolute Gasteiger partial charge is 0.467 e. The summed E-state index contributed by atoms with van der Waals surface area (Å²) in [7, 11) is 1.52. The van der Waals surface area contributed by atoms with Gasteiger partial charge in [-0.2, -0.15) is 4.98 Å². The van der Waals surface area contributed by atoms with Gasteiger partial charge in [0.1, 0.15) is 5.65 Å². The fourth-order valence-electron chi connectivity index (χ4n) is 1.01. The molecule has 62 valence electrons. The number of fused-ring (bicyclic) bond motifs is 1. The van der Waals surface area contributed by atoms with Crippen LogP contribution in [0.2, 0.25) is 0 Å². The number of H-pyrrole nitrogens is 1. The number of nitrogens with two attached hydrogens (primary N) is 1. The molecule has 0 saturated heterocycles. The summed E-state index contributed by atoms with van der Waals surface area (Å²) in [6, 6.07) is 0.337. The van der Waals surface area contributed by atoms with E-state index in [-0.39, 0.29) is 0 Å². The molecule has 0 amide bonds. The Kier molecular flexibility index (Phi) is 1.36. The van der Waals surface area contributed by atoms with E-state index in [1.807, 2.05) is 0 Å². The molecule has 5 heteroatoms. The zero-order valence-corrected chi connectivity index (χ0v) is 6.53. The number of aromatic amines is 1. The van der Waals surface area contributed by atoms with Gasteiger partial charge in [0.25, 0.3) is 0 Å². The van der Waals surface area contributed by atoms with E-state index in [1.165, 1.54) is 7.11 Å².